The molecule has 1 aliphatic carbocycles. The second kappa shape index (κ2) is 8.41. The average Bonchev–Trinajstić information content (AvgIpc) is 2.53. The molecule has 1 atom stereocenters. The van der Waals surface area contributed by atoms with Crippen LogP contribution in [0.25, 0.3) is 5.76 Å². The van der Waals surface area contributed by atoms with Crippen LogP contribution in [-0.2, 0) is 9.53 Å². The summed E-state index contributed by atoms with van der Waals surface area (Å²) in [6.07, 6.45) is 0.204. The number of carbonyl (C=O) groups excluding carboxylic acids is 2. The van der Waals surface area contributed by atoms with Crippen LogP contribution in [0.2, 0.25) is 0 Å². The molecule has 1 N–H and O–H groups in total. The highest BCUT2D eigenvalue weighted by atomic mass is 127. The molecule has 1 aromatic carbocycles. The molecule has 0 spiro atoms. The van der Waals surface area contributed by atoms with Gasteiger partial charge >= 0.3 is 6.09 Å². The van der Waals surface area contributed by atoms with E-state index in [0.29, 0.717) is 24.1 Å². The van der Waals surface area contributed by atoms with Crippen molar-refractivity contribution in [1.29, 1.82) is 0 Å². The number of halogens is 1. The molecule has 146 valence electrons. The van der Waals surface area contributed by atoms with E-state index in [1.165, 1.54) is 7.05 Å². The summed E-state index contributed by atoms with van der Waals surface area (Å²) in [5.74, 6) is -0.211. The van der Waals surface area contributed by atoms with Gasteiger partial charge in [-0.05, 0) is 67.8 Å². The van der Waals surface area contributed by atoms with E-state index in [1.54, 1.807) is 32.9 Å². The minimum Gasteiger partial charge on any atom is -0.506 e. The van der Waals surface area contributed by atoms with Gasteiger partial charge in [-0.25, -0.2) is 9.80 Å². The third-order valence-electron chi connectivity index (χ3n) is 3.93. The van der Waals surface area contributed by atoms with E-state index < -0.39 is 11.7 Å². The fourth-order valence-corrected chi connectivity index (χ4v) is 3.10. The number of nitrogens with zero attached hydrogens (tertiary/aromatic N) is 2. The molecule has 0 bridgehead atoms. The Bertz CT molecular complexity index is 791. The molecule has 2 rings (SSSR count). The lowest BCUT2D eigenvalue weighted by molar-refractivity contribution is -0.116. The van der Waals surface area contributed by atoms with E-state index in [2.05, 4.69) is 27.7 Å². The van der Waals surface area contributed by atoms with Crippen LogP contribution in [0.15, 0.2) is 34.9 Å². The first kappa shape index (κ1) is 21.4. The largest absolute Gasteiger partial charge is 0.506 e. The minimum absolute atomic E-state index is 0.0801. The summed E-state index contributed by atoms with van der Waals surface area (Å²) in [7, 11) is 1.48. The summed E-state index contributed by atoms with van der Waals surface area (Å²) in [6, 6.07) is 7.22. The van der Waals surface area contributed by atoms with E-state index >= 15 is 0 Å². The number of ether oxygens (including phenoxy) is 1. The minimum atomic E-state index is -0.650. The molecular weight excluding hydrogens is 459 g/mol. The molecule has 1 unspecified atom stereocenters. The molecule has 0 aliphatic heterocycles. The van der Waals surface area contributed by atoms with Gasteiger partial charge < -0.3 is 9.84 Å². The molecule has 7 heteroatoms. The summed E-state index contributed by atoms with van der Waals surface area (Å²) in [5, 5.41) is 16.1. The van der Waals surface area contributed by atoms with Gasteiger partial charge in [-0.1, -0.05) is 19.1 Å². The monoisotopic (exact) mass is 484 g/mol. The number of benzene rings is 1. The number of amides is 1. The van der Waals surface area contributed by atoms with Gasteiger partial charge in [0, 0.05) is 22.6 Å². The van der Waals surface area contributed by atoms with Crippen molar-refractivity contribution in [2.24, 2.45) is 11.0 Å². The SMILES string of the molecule is CC1CC(=O)C(=C(O)c2ccc(I)cc2)C(=NN(C)C(=O)OC(C)(C)C)C1. The molecule has 27 heavy (non-hydrogen) atoms. The van der Waals surface area contributed by atoms with Crippen molar-refractivity contribution >= 4 is 45.9 Å². The molecule has 0 radical (unpaired) electrons. The first-order valence-electron chi connectivity index (χ1n) is 8.75. The highest BCUT2D eigenvalue weighted by Crippen LogP contribution is 2.29. The molecule has 1 aliphatic rings. The van der Waals surface area contributed by atoms with Crippen LogP contribution in [0.4, 0.5) is 4.79 Å². The first-order valence-corrected chi connectivity index (χ1v) is 9.82. The molecule has 0 saturated heterocycles. The van der Waals surface area contributed by atoms with Gasteiger partial charge in [0.25, 0.3) is 0 Å². The maximum Gasteiger partial charge on any atom is 0.430 e. The molecule has 0 aromatic heterocycles. The maximum atomic E-state index is 12.6. The van der Waals surface area contributed by atoms with Crippen molar-refractivity contribution in [2.75, 3.05) is 7.05 Å². The van der Waals surface area contributed by atoms with Crippen LogP contribution in [0.1, 0.15) is 46.1 Å². The zero-order chi connectivity index (χ0) is 20.4. The fraction of sp³-hybridized carbons (Fsp3) is 0.450. The predicted molar refractivity (Wildman–Crippen MR) is 114 cm³/mol. The Balaban J connectivity index is 2.43. The molecule has 1 amide bonds. The number of ketones is 1. The topological polar surface area (TPSA) is 79.2 Å². The van der Waals surface area contributed by atoms with E-state index in [-0.39, 0.29) is 23.0 Å². The number of hydrogen-bond acceptors (Lipinski definition) is 5. The molecule has 1 saturated carbocycles. The normalized spacial score (nSPS) is 21.2. The Morgan fingerprint density at radius 3 is 2.41 bits per heavy atom. The number of hydrogen-bond donors (Lipinski definition) is 1. The number of allylic oxidation sites excluding steroid dienone is 1. The highest BCUT2D eigenvalue weighted by molar-refractivity contribution is 14.1. The number of aliphatic hydroxyl groups excluding tert-OH is 1. The van der Waals surface area contributed by atoms with Crippen molar-refractivity contribution in [3.8, 4) is 0 Å². The predicted octanol–water partition coefficient (Wildman–Crippen LogP) is 4.78. The van der Waals surface area contributed by atoms with Gasteiger partial charge in [-0.2, -0.15) is 5.10 Å². The van der Waals surface area contributed by atoms with Gasteiger partial charge in [-0.15, -0.1) is 0 Å². The molecular formula is C20H25IN2O4. The standard InChI is InChI=1S/C20H25IN2O4/c1-12-10-15(22-23(5)19(26)27-20(2,3)4)17(16(24)11-12)18(25)13-6-8-14(21)9-7-13/h6-9,12,25H,10-11H2,1-5H3. The van der Waals surface area contributed by atoms with Crippen LogP contribution in [0.5, 0.6) is 0 Å². The van der Waals surface area contributed by atoms with Crippen LogP contribution < -0.4 is 0 Å². The summed E-state index contributed by atoms with van der Waals surface area (Å²) >= 11 is 2.17. The van der Waals surface area contributed by atoms with Crippen LogP contribution in [0, 0.1) is 9.49 Å². The Morgan fingerprint density at radius 2 is 1.85 bits per heavy atom. The molecule has 1 fully saturated rings. The van der Waals surface area contributed by atoms with Gasteiger partial charge in [0.05, 0.1) is 11.3 Å². The number of Topliss-reactive ketones (excluding diaryl/α,β-unsaturated/α-hetero) is 1. The quantitative estimate of drug-likeness (QED) is 0.284. The van der Waals surface area contributed by atoms with Crippen molar-refractivity contribution in [1.82, 2.24) is 5.01 Å². The number of hydrazone groups is 1. The fourth-order valence-electron chi connectivity index (χ4n) is 2.75. The second-order valence-corrected chi connectivity index (χ2v) is 8.96. The Kier molecular flexibility index (Phi) is 6.67. The second-order valence-electron chi connectivity index (χ2n) is 7.72. The Morgan fingerprint density at radius 1 is 1.26 bits per heavy atom. The summed E-state index contributed by atoms with van der Waals surface area (Å²) in [6.45, 7) is 7.25. The third-order valence-corrected chi connectivity index (χ3v) is 4.65. The summed E-state index contributed by atoms with van der Waals surface area (Å²) in [4.78, 5) is 24.9. The highest BCUT2D eigenvalue weighted by Gasteiger charge is 2.31. The van der Waals surface area contributed by atoms with Gasteiger partial charge in [0.15, 0.2) is 5.78 Å². The number of aliphatic hydroxyl groups is 1. The average molecular weight is 484 g/mol. The lowest BCUT2D eigenvalue weighted by Crippen LogP contribution is -2.34. The molecule has 6 nitrogen and oxygen atoms in total. The zero-order valence-electron chi connectivity index (χ0n) is 16.2. The van der Waals surface area contributed by atoms with E-state index in [1.807, 2.05) is 19.1 Å². The van der Waals surface area contributed by atoms with E-state index in [4.69, 9.17) is 4.74 Å². The molecule has 1 aromatic rings. The van der Waals surface area contributed by atoms with Crippen molar-refractivity contribution in [2.45, 2.75) is 46.1 Å². The summed E-state index contributed by atoms with van der Waals surface area (Å²) < 4.78 is 6.33. The summed E-state index contributed by atoms with van der Waals surface area (Å²) in [5.41, 5.74) is 0.456. The van der Waals surface area contributed by atoms with Crippen molar-refractivity contribution in [3.05, 3.63) is 39.0 Å². The van der Waals surface area contributed by atoms with Crippen molar-refractivity contribution in [3.63, 3.8) is 0 Å². The van der Waals surface area contributed by atoms with E-state index in [0.717, 1.165) is 8.58 Å². The number of rotatable bonds is 2. The third kappa shape index (κ3) is 5.79. The lowest BCUT2D eigenvalue weighted by Gasteiger charge is -2.26. The van der Waals surface area contributed by atoms with Crippen molar-refractivity contribution < 1.29 is 19.4 Å². The maximum absolute atomic E-state index is 12.6. The van der Waals surface area contributed by atoms with Crippen LogP contribution in [-0.4, -0.2) is 40.4 Å². The van der Waals surface area contributed by atoms with Crippen LogP contribution in [0.3, 0.4) is 0 Å². The van der Waals surface area contributed by atoms with Gasteiger partial charge in [0.2, 0.25) is 0 Å². The number of carbonyl (C=O) groups is 2. The van der Waals surface area contributed by atoms with Gasteiger partial charge in [-0.3, -0.25) is 4.79 Å². The Hall–Kier alpha value is -1.90. The Labute approximate surface area is 173 Å². The molecule has 0 heterocycles. The smallest absolute Gasteiger partial charge is 0.430 e. The first-order chi connectivity index (χ1) is 12.5. The zero-order valence-corrected chi connectivity index (χ0v) is 18.4. The lowest BCUT2D eigenvalue weighted by atomic mass is 9.83. The van der Waals surface area contributed by atoms with Gasteiger partial charge in [0.1, 0.15) is 11.4 Å². The van der Waals surface area contributed by atoms with E-state index in [9.17, 15) is 14.7 Å². The van der Waals surface area contributed by atoms with Crippen LogP contribution >= 0.6 is 22.6 Å².